The lowest BCUT2D eigenvalue weighted by atomic mass is 10.00. The number of hydrogen-bond acceptors (Lipinski definition) is 11. The molecule has 17 heteroatoms. The van der Waals surface area contributed by atoms with E-state index in [4.69, 9.17) is 15.2 Å². The smallest absolute Gasteiger partial charge is 0.407 e. The predicted octanol–water partition coefficient (Wildman–Crippen LogP) is 1.68. The summed E-state index contributed by atoms with van der Waals surface area (Å²) in [7, 11) is 0. The van der Waals surface area contributed by atoms with Crippen LogP contribution in [0.2, 0.25) is 0 Å². The normalized spacial score (nSPS) is 19.9. The van der Waals surface area contributed by atoms with E-state index in [0.29, 0.717) is 31.4 Å². The molecule has 1 saturated heterocycles. The van der Waals surface area contributed by atoms with Crippen LogP contribution in [0.15, 0.2) is 54.9 Å². The second-order valence-corrected chi connectivity index (χ2v) is 16.2. The molecule has 3 rings (SSSR count). The van der Waals surface area contributed by atoms with Crippen molar-refractivity contribution in [3.63, 3.8) is 0 Å². The maximum Gasteiger partial charge on any atom is 0.407 e. The maximum atomic E-state index is 14.3. The summed E-state index contributed by atoms with van der Waals surface area (Å²) >= 11 is 0. The number of nitrogens with one attached hydrogen (secondary N) is 7. The van der Waals surface area contributed by atoms with Gasteiger partial charge in [-0.25, -0.2) is 4.79 Å². The highest BCUT2D eigenvalue weighted by Gasteiger charge is 2.34. The number of nitrogens with two attached hydrogens (primary N) is 1. The molecule has 6 amide bonds. The van der Waals surface area contributed by atoms with Crippen molar-refractivity contribution in [1.82, 2.24) is 37.2 Å². The highest BCUT2D eigenvalue weighted by Crippen LogP contribution is 2.18. The molecule has 4 atom stereocenters. The first kappa shape index (κ1) is 46.5. The first-order valence-corrected chi connectivity index (χ1v) is 19.5. The van der Waals surface area contributed by atoms with Crippen molar-refractivity contribution in [2.24, 2.45) is 5.73 Å². The van der Waals surface area contributed by atoms with Crippen LogP contribution in [-0.4, -0.2) is 96.6 Å². The Balaban J connectivity index is 1.98. The average Bonchev–Trinajstić information content (AvgIpc) is 3.11. The molecule has 1 aliphatic rings. The van der Waals surface area contributed by atoms with E-state index in [0.717, 1.165) is 10.8 Å². The van der Waals surface area contributed by atoms with Crippen LogP contribution in [0.4, 0.5) is 4.79 Å². The van der Waals surface area contributed by atoms with Crippen LogP contribution in [0.25, 0.3) is 10.8 Å². The zero-order valence-corrected chi connectivity index (χ0v) is 34.4. The Morgan fingerprint density at radius 1 is 0.707 bits per heavy atom. The van der Waals surface area contributed by atoms with Gasteiger partial charge >= 0.3 is 12.1 Å². The molecule has 0 saturated carbocycles. The van der Waals surface area contributed by atoms with Crippen molar-refractivity contribution >= 4 is 52.4 Å². The molecular formula is C41H60N8O9. The Morgan fingerprint density at radius 3 is 1.93 bits per heavy atom. The molecule has 1 heterocycles. The first-order chi connectivity index (χ1) is 27.2. The fourth-order valence-corrected chi connectivity index (χ4v) is 5.99. The topological polar surface area (TPSA) is 248 Å². The van der Waals surface area contributed by atoms with Crippen molar-refractivity contribution in [2.45, 2.75) is 122 Å². The molecule has 0 aliphatic carbocycles. The summed E-state index contributed by atoms with van der Waals surface area (Å²) in [5.74, 6) is -4.32. The van der Waals surface area contributed by atoms with E-state index in [1.54, 1.807) is 41.5 Å². The van der Waals surface area contributed by atoms with Gasteiger partial charge in [0, 0.05) is 19.5 Å². The van der Waals surface area contributed by atoms with E-state index >= 15 is 0 Å². The molecule has 1 fully saturated rings. The van der Waals surface area contributed by atoms with Crippen LogP contribution in [-0.2, 0) is 44.7 Å². The van der Waals surface area contributed by atoms with Gasteiger partial charge in [-0.2, -0.15) is 0 Å². The molecule has 58 heavy (non-hydrogen) atoms. The minimum absolute atomic E-state index is 0.0221. The number of hydrogen-bond donors (Lipinski definition) is 8. The summed E-state index contributed by atoms with van der Waals surface area (Å²) in [6.07, 6.45) is 0.138. The summed E-state index contributed by atoms with van der Waals surface area (Å²) in [4.78, 5) is 94.0. The van der Waals surface area contributed by atoms with Crippen molar-refractivity contribution in [2.75, 3.05) is 19.6 Å². The van der Waals surface area contributed by atoms with Crippen LogP contribution in [0.3, 0.4) is 0 Å². The second-order valence-electron chi connectivity index (χ2n) is 16.2. The monoisotopic (exact) mass is 808 g/mol. The number of rotatable bonds is 14. The maximum absolute atomic E-state index is 14.3. The number of carbonyl (C=O) groups excluding carboxylic acids is 7. The van der Waals surface area contributed by atoms with Gasteiger partial charge in [-0.1, -0.05) is 49.0 Å². The van der Waals surface area contributed by atoms with Gasteiger partial charge in [0.1, 0.15) is 35.4 Å². The van der Waals surface area contributed by atoms with Crippen molar-refractivity contribution in [3.05, 3.63) is 60.4 Å². The Bertz CT molecular complexity index is 1800. The summed E-state index contributed by atoms with van der Waals surface area (Å²) in [6.45, 7) is 13.7. The molecule has 318 valence electrons. The number of benzene rings is 2. The number of fused-ring (bicyclic) bond motifs is 1. The fourth-order valence-electron chi connectivity index (χ4n) is 5.99. The standard InChI is InChI=1S/C41H60N8O9/c1-25(42)43-20-12-16-29-35(52)45-24-33(50)46-32(23-34(51)57-40(2,3)4)38(55)49-31(22-26-17-18-27-13-8-9-14-28(27)21-26)37(54)48-30(36(53)47-29)15-10-11-19-44-39(56)58-41(5,6)7/h8-9,13-14,17-18,21,29-32,43H,1,10-12,15-16,19-20,22-24,42H2,2-7H3,(H,44,56)(H,45,52)(H,46,50)(H,47,53)(H,48,54)(H,49,55)/t29-,30-,31+,32-/m0/s1. The highest BCUT2D eigenvalue weighted by atomic mass is 16.6. The minimum Gasteiger partial charge on any atom is -0.460 e. The molecule has 17 nitrogen and oxygen atoms in total. The van der Waals surface area contributed by atoms with E-state index in [1.165, 1.54) is 0 Å². The lowest BCUT2D eigenvalue weighted by Gasteiger charge is -2.26. The Morgan fingerprint density at radius 2 is 1.28 bits per heavy atom. The van der Waals surface area contributed by atoms with Gasteiger partial charge < -0.3 is 52.4 Å². The van der Waals surface area contributed by atoms with Crippen LogP contribution < -0.4 is 43.0 Å². The fraction of sp³-hybridized carbons (Fsp3) is 0.537. The molecule has 9 N–H and O–H groups in total. The van der Waals surface area contributed by atoms with Gasteiger partial charge in [0.15, 0.2) is 0 Å². The Kier molecular flexibility index (Phi) is 17.3. The molecule has 1 aliphatic heterocycles. The van der Waals surface area contributed by atoms with E-state index < -0.39 is 89.9 Å². The lowest BCUT2D eigenvalue weighted by Crippen LogP contribution is -2.58. The molecule has 2 aromatic rings. The molecule has 0 unspecified atom stereocenters. The molecule has 0 spiro atoms. The van der Waals surface area contributed by atoms with Crippen LogP contribution in [0, 0.1) is 0 Å². The van der Waals surface area contributed by atoms with Crippen molar-refractivity contribution < 1.29 is 43.0 Å². The van der Waals surface area contributed by atoms with E-state index in [9.17, 15) is 33.6 Å². The largest absolute Gasteiger partial charge is 0.460 e. The average molecular weight is 809 g/mol. The third kappa shape index (κ3) is 17.1. The predicted molar refractivity (Wildman–Crippen MR) is 217 cm³/mol. The highest BCUT2D eigenvalue weighted by molar-refractivity contribution is 5.98. The van der Waals surface area contributed by atoms with E-state index in [2.05, 4.69) is 43.8 Å². The number of unbranched alkanes of at least 4 members (excludes halogenated alkanes) is 1. The van der Waals surface area contributed by atoms with Crippen LogP contribution in [0.5, 0.6) is 0 Å². The lowest BCUT2D eigenvalue weighted by molar-refractivity contribution is -0.156. The Labute approximate surface area is 339 Å². The van der Waals surface area contributed by atoms with Crippen molar-refractivity contribution in [1.29, 1.82) is 0 Å². The number of ether oxygens (including phenoxy) is 2. The summed E-state index contributed by atoms with van der Waals surface area (Å²) in [6, 6.07) is 8.09. The summed E-state index contributed by atoms with van der Waals surface area (Å²) in [5.41, 5.74) is 4.71. The summed E-state index contributed by atoms with van der Waals surface area (Å²) < 4.78 is 10.7. The van der Waals surface area contributed by atoms with Gasteiger partial charge in [0.2, 0.25) is 29.5 Å². The van der Waals surface area contributed by atoms with E-state index in [1.807, 2.05) is 42.5 Å². The van der Waals surface area contributed by atoms with Gasteiger partial charge in [0.25, 0.3) is 0 Å². The minimum atomic E-state index is -1.49. The van der Waals surface area contributed by atoms with Gasteiger partial charge in [0.05, 0.1) is 18.8 Å². The number of amides is 6. The zero-order valence-electron chi connectivity index (χ0n) is 34.4. The second kappa shape index (κ2) is 21.6. The number of carbonyl (C=O) groups is 7. The van der Waals surface area contributed by atoms with Crippen LogP contribution >= 0.6 is 0 Å². The van der Waals surface area contributed by atoms with Gasteiger partial charge in [-0.05, 0) is 90.0 Å². The number of esters is 1. The summed E-state index contributed by atoms with van der Waals surface area (Å²) in [5, 5.41) is 20.6. The molecule has 0 radical (unpaired) electrons. The van der Waals surface area contributed by atoms with E-state index in [-0.39, 0.29) is 31.6 Å². The zero-order chi connectivity index (χ0) is 43.0. The molecule has 0 bridgehead atoms. The van der Waals surface area contributed by atoms with Crippen molar-refractivity contribution in [3.8, 4) is 0 Å². The molecule has 2 aromatic carbocycles. The molecule has 0 aromatic heterocycles. The van der Waals surface area contributed by atoms with Gasteiger partial charge in [-0.3, -0.25) is 28.8 Å². The quantitative estimate of drug-likeness (QED) is 0.101. The third-order valence-corrected chi connectivity index (χ3v) is 8.63. The molecular weight excluding hydrogens is 748 g/mol. The SMILES string of the molecule is C=C(N)NCCC[C@@H]1NC(=O)[C@H](CCCCNC(=O)OC(C)(C)C)NC(=O)[C@@H](Cc2ccc3ccccc3c2)NC(=O)[C@H](CC(=O)OC(C)(C)C)NC(=O)CNC1=O. The van der Waals surface area contributed by atoms with Gasteiger partial charge in [-0.15, -0.1) is 0 Å². The Hall–Kier alpha value is -5.87. The first-order valence-electron chi connectivity index (χ1n) is 19.5. The van der Waals surface area contributed by atoms with Crippen LogP contribution in [0.1, 0.15) is 85.6 Å². The number of alkyl carbamates (subject to hydrolysis) is 1. The third-order valence-electron chi connectivity index (χ3n) is 8.63.